The van der Waals surface area contributed by atoms with Gasteiger partial charge < -0.3 is 43.7 Å². The lowest BCUT2D eigenvalue weighted by Crippen LogP contribution is -2.66. The number of carbonyl (C=O) groups is 2. The number of rotatable bonds is 2. The summed E-state index contributed by atoms with van der Waals surface area (Å²) in [6, 6.07) is 0. The van der Waals surface area contributed by atoms with Crippen molar-refractivity contribution in [3.8, 4) is 0 Å². The molecule has 0 bridgehead atoms. The minimum absolute atomic E-state index is 0.0319. The molecule has 4 saturated heterocycles. The second-order valence-corrected chi connectivity index (χ2v) is 28.0. The van der Waals surface area contributed by atoms with Gasteiger partial charge >= 0.3 is 11.9 Å². The number of hydrogen-bond acceptors (Lipinski definition) is 13. The molecular weight excluding hydrogens is 901 g/mol. The quantitative estimate of drug-likeness (QED) is 0.196. The van der Waals surface area contributed by atoms with E-state index in [0.29, 0.717) is 49.4 Å². The Morgan fingerprint density at radius 2 is 1.39 bits per heavy atom. The standard InChI is InChI=1S/C58H82N2O11/c1-28-49-44(69-56(28)16-14-50(5,6)71-56)21-36-34-13-12-32-18-39-41(25-52(32,8)35(34)23-46(54(36,49)10)68-31(4)62)60-40-19-33-20-43(67-30(3)61)48-37(53(33,9)26-42(40)59-39)22-45(63)55(11)38(48)24-47-58(55,65)29(2)57(70-47)17-15-51(7,64)27-66-57/h24,28-29,32-37,43-49,63-65H,12-23,25-27H2,1-11H3/t28-,29+,32-,33+,34+,35-,36+,37-,43-,44-,45+,46+,47-,48+,49-,51-,52-,53-,54+,55+,56+,57+,58+/m0/s1. The summed E-state index contributed by atoms with van der Waals surface area (Å²) in [6.45, 7) is 22.9. The Labute approximate surface area is 420 Å². The lowest BCUT2D eigenvalue weighted by atomic mass is 9.43. The molecule has 3 N–H and O–H groups in total. The van der Waals surface area contributed by atoms with Crippen molar-refractivity contribution in [1.82, 2.24) is 9.97 Å². The zero-order valence-electron chi connectivity index (χ0n) is 44.3. The number of hydrogen-bond donors (Lipinski definition) is 3. The van der Waals surface area contributed by atoms with E-state index in [4.69, 9.17) is 38.4 Å². The van der Waals surface area contributed by atoms with Gasteiger partial charge in [-0.1, -0.05) is 53.2 Å². The van der Waals surface area contributed by atoms with Gasteiger partial charge in [0.05, 0.1) is 52.8 Å². The first-order valence-electron chi connectivity index (χ1n) is 28.0. The highest BCUT2D eigenvalue weighted by Gasteiger charge is 2.78. The fourth-order valence-electron chi connectivity index (χ4n) is 20.5. The molecule has 23 atom stereocenters. The number of carbonyl (C=O) groups excluding carboxylic acids is 2. The molecule has 13 rings (SSSR count). The number of esters is 2. The van der Waals surface area contributed by atoms with Crippen LogP contribution in [0.2, 0.25) is 0 Å². The van der Waals surface area contributed by atoms with Gasteiger partial charge in [0.15, 0.2) is 11.6 Å². The molecule has 0 amide bonds. The molecule has 0 radical (unpaired) electrons. The van der Waals surface area contributed by atoms with Gasteiger partial charge in [0.25, 0.3) is 0 Å². The molecule has 8 aliphatic carbocycles. The van der Waals surface area contributed by atoms with Crippen LogP contribution in [0, 0.1) is 80.8 Å². The minimum Gasteiger partial charge on any atom is -0.462 e. The zero-order valence-corrected chi connectivity index (χ0v) is 44.3. The van der Waals surface area contributed by atoms with Crippen molar-refractivity contribution in [3.63, 3.8) is 0 Å². The van der Waals surface area contributed by atoms with Gasteiger partial charge in [-0.15, -0.1) is 0 Å². The highest BCUT2D eigenvalue weighted by Crippen LogP contribution is 2.74. The molecule has 5 heterocycles. The maximum Gasteiger partial charge on any atom is 0.302 e. The third kappa shape index (κ3) is 6.17. The molecule has 12 aliphatic rings. The number of aromatic nitrogens is 2. The van der Waals surface area contributed by atoms with Crippen LogP contribution in [-0.4, -0.2) is 103 Å². The number of nitrogens with zero attached hydrogens (tertiary/aromatic N) is 2. The maximum atomic E-state index is 13.1. The van der Waals surface area contributed by atoms with E-state index in [1.165, 1.54) is 6.92 Å². The van der Waals surface area contributed by atoms with Gasteiger partial charge in [-0.05, 0) is 144 Å². The molecule has 13 heteroatoms. The summed E-state index contributed by atoms with van der Waals surface area (Å²) in [4.78, 5) is 37.5. The summed E-state index contributed by atoms with van der Waals surface area (Å²) in [5.74, 6) is -0.646. The third-order valence-corrected chi connectivity index (χ3v) is 24.3. The van der Waals surface area contributed by atoms with Crippen LogP contribution in [0.1, 0.15) is 163 Å². The van der Waals surface area contributed by atoms with E-state index in [2.05, 4.69) is 47.6 Å². The van der Waals surface area contributed by atoms with Crippen LogP contribution in [0.5, 0.6) is 0 Å². The first-order valence-corrected chi connectivity index (χ1v) is 28.0. The van der Waals surface area contributed by atoms with Crippen LogP contribution in [0.4, 0.5) is 0 Å². The Morgan fingerprint density at radius 3 is 2.03 bits per heavy atom. The van der Waals surface area contributed by atoms with Crippen molar-refractivity contribution < 1.29 is 53.3 Å². The molecule has 9 fully saturated rings. The van der Waals surface area contributed by atoms with Crippen LogP contribution < -0.4 is 0 Å². The highest BCUT2D eigenvalue weighted by atomic mass is 16.7. The first-order chi connectivity index (χ1) is 33.2. The molecule has 2 spiro atoms. The average molecular weight is 983 g/mol. The van der Waals surface area contributed by atoms with Crippen molar-refractivity contribution in [2.24, 2.45) is 80.8 Å². The second kappa shape index (κ2) is 14.9. The molecule has 390 valence electrons. The van der Waals surface area contributed by atoms with Crippen molar-refractivity contribution in [2.45, 2.75) is 225 Å². The Kier molecular flexibility index (Phi) is 10.1. The number of aliphatic hydroxyl groups is 3. The van der Waals surface area contributed by atoms with Crippen molar-refractivity contribution >= 4 is 11.9 Å². The van der Waals surface area contributed by atoms with Crippen LogP contribution in [0.25, 0.3) is 0 Å². The second-order valence-electron chi connectivity index (χ2n) is 28.0. The SMILES string of the molecule is CC(=O)O[C@H]1C[C@H]2Cc3nc4c(nc3C[C@]2(C)[C@H]2C[C@@H](O)[C@@]3(C)C(=C[C@@H]5O[C@]6(CC[C@](C)(O)CO6)[C@@H](C)[C@@]53O)[C@H]12)C[C@@H]1CC[C@H]2[C@H]3C[C@@H]5O[C@@]6(CCC(C)(C)O6)[C@@H](C)[C@@H]5[C@@]3(C)[C@H](OC(C)=O)C[C@@H]2[C@@]1(C)C4. The van der Waals surface area contributed by atoms with E-state index in [1.54, 1.807) is 13.8 Å². The Bertz CT molecular complexity index is 2480. The summed E-state index contributed by atoms with van der Waals surface area (Å²) >= 11 is 0. The van der Waals surface area contributed by atoms with Crippen LogP contribution in [0.15, 0.2) is 11.6 Å². The predicted molar refractivity (Wildman–Crippen MR) is 259 cm³/mol. The lowest BCUT2D eigenvalue weighted by molar-refractivity contribution is -0.289. The van der Waals surface area contributed by atoms with Crippen molar-refractivity contribution in [3.05, 3.63) is 34.4 Å². The average Bonchev–Trinajstić information content (AvgIpc) is 3.99. The molecule has 5 saturated carbocycles. The van der Waals surface area contributed by atoms with Crippen LogP contribution in [0.3, 0.4) is 0 Å². The van der Waals surface area contributed by atoms with E-state index < -0.39 is 52.4 Å². The smallest absolute Gasteiger partial charge is 0.302 e. The largest absolute Gasteiger partial charge is 0.462 e. The van der Waals surface area contributed by atoms with Crippen LogP contribution in [-0.2, 0) is 63.7 Å². The van der Waals surface area contributed by atoms with E-state index in [1.807, 2.05) is 13.8 Å². The molecule has 1 aromatic rings. The number of ether oxygens (including phenoxy) is 6. The molecule has 1 aromatic heterocycles. The molecule has 71 heavy (non-hydrogen) atoms. The first kappa shape index (κ1) is 48.1. The van der Waals surface area contributed by atoms with Gasteiger partial charge in [-0.2, -0.15) is 0 Å². The summed E-state index contributed by atoms with van der Waals surface area (Å²) in [5.41, 5.74) is 1.05. The van der Waals surface area contributed by atoms with Gasteiger partial charge in [0, 0.05) is 61.2 Å². The molecule has 13 nitrogen and oxygen atoms in total. The summed E-state index contributed by atoms with van der Waals surface area (Å²) in [7, 11) is 0. The molecule has 0 aromatic carbocycles. The predicted octanol–water partition coefficient (Wildman–Crippen LogP) is 7.55. The van der Waals surface area contributed by atoms with Gasteiger partial charge in [-0.25, -0.2) is 0 Å². The Balaban J connectivity index is 0.798. The van der Waals surface area contributed by atoms with Crippen molar-refractivity contribution in [2.75, 3.05) is 6.61 Å². The highest BCUT2D eigenvalue weighted by molar-refractivity contribution is 5.66. The summed E-state index contributed by atoms with van der Waals surface area (Å²) < 4.78 is 40.0. The molecule has 4 aliphatic heterocycles. The Morgan fingerprint density at radius 1 is 0.732 bits per heavy atom. The van der Waals surface area contributed by atoms with Crippen molar-refractivity contribution in [1.29, 1.82) is 0 Å². The Hall–Kier alpha value is -2.52. The maximum absolute atomic E-state index is 13.1. The zero-order chi connectivity index (χ0) is 50.2. The number of aliphatic hydroxyl groups excluding tert-OH is 1. The van der Waals surface area contributed by atoms with Gasteiger partial charge in [-0.3, -0.25) is 19.6 Å². The topological polar surface area (TPSA) is 176 Å². The molecule has 0 unspecified atom stereocenters. The van der Waals surface area contributed by atoms with Gasteiger partial charge in [0.1, 0.15) is 23.9 Å². The third-order valence-electron chi connectivity index (χ3n) is 24.3. The van der Waals surface area contributed by atoms with Crippen LogP contribution >= 0.6 is 0 Å². The van der Waals surface area contributed by atoms with E-state index in [-0.39, 0.29) is 82.2 Å². The summed E-state index contributed by atoms with van der Waals surface area (Å²) in [6.07, 6.45) is 11.1. The van der Waals surface area contributed by atoms with Gasteiger partial charge in [0.2, 0.25) is 0 Å². The number of fused-ring (bicyclic) bond motifs is 16. The summed E-state index contributed by atoms with van der Waals surface area (Å²) in [5, 5.41) is 36.5. The molecular formula is C58H82N2O11. The lowest BCUT2D eigenvalue weighted by Gasteiger charge is -2.63. The van der Waals surface area contributed by atoms with E-state index >= 15 is 0 Å². The fourth-order valence-corrected chi connectivity index (χ4v) is 20.5. The van der Waals surface area contributed by atoms with E-state index in [0.717, 1.165) is 92.6 Å². The monoisotopic (exact) mass is 983 g/mol. The minimum atomic E-state index is -1.47. The normalized spacial score (nSPS) is 55.6. The fraction of sp³-hybridized carbons (Fsp3) is 0.862. The van der Waals surface area contributed by atoms with E-state index in [9.17, 15) is 24.9 Å².